The van der Waals surface area contributed by atoms with Crippen LogP contribution in [0.1, 0.15) is 12.0 Å². The lowest BCUT2D eigenvalue weighted by molar-refractivity contribution is -0.115. The monoisotopic (exact) mass is 380 g/mol. The minimum atomic E-state index is -0.119. The Balaban J connectivity index is 1.77. The number of nitrogens with one attached hydrogen (secondary N) is 1. The second kappa shape index (κ2) is 7.68. The van der Waals surface area contributed by atoms with Crippen LogP contribution in [-0.2, 0) is 4.79 Å². The lowest BCUT2D eigenvalue weighted by Gasteiger charge is -2.24. The minimum Gasteiger partial charge on any atom is -0.361 e. The number of nitrogens with zero attached hydrogens (tertiary/aromatic N) is 1. The van der Waals surface area contributed by atoms with Crippen molar-refractivity contribution >= 4 is 52.2 Å². The fourth-order valence-corrected chi connectivity index (χ4v) is 4.16. The van der Waals surface area contributed by atoms with Crippen molar-refractivity contribution in [3.8, 4) is 0 Å². The predicted octanol–water partition coefficient (Wildman–Crippen LogP) is 5.24. The number of aryl methyl sites for hydroxylation is 1. The molecule has 0 saturated heterocycles. The molecule has 2 aromatic carbocycles. The van der Waals surface area contributed by atoms with Crippen LogP contribution in [0.25, 0.3) is 0 Å². The van der Waals surface area contributed by atoms with Gasteiger partial charge in [-0.3, -0.25) is 4.79 Å². The van der Waals surface area contributed by atoms with Gasteiger partial charge in [0.15, 0.2) is 0 Å². The Bertz CT molecular complexity index is 767. The normalized spacial score (nSPS) is 14.0. The number of benzene rings is 2. The van der Waals surface area contributed by atoms with E-state index in [2.05, 4.69) is 22.3 Å². The lowest BCUT2D eigenvalue weighted by atomic mass is 10.2. The van der Waals surface area contributed by atoms with Crippen molar-refractivity contribution in [3.63, 3.8) is 0 Å². The van der Waals surface area contributed by atoms with Crippen molar-refractivity contribution in [3.05, 3.63) is 52.0 Å². The molecule has 0 aromatic heterocycles. The van der Waals surface area contributed by atoms with E-state index in [-0.39, 0.29) is 12.5 Å². The van der Waals surface area contributed by atoms with Gasteiger partial charge in [0.1, 0.15) is 0 Å². The highest BCUT2D eigenvalue weighted by Crippen LogP contribution is 2.35. The fourth-order valence-electron chi connectivity index (χ4n) is 2.69. The number of hydrogen-bond donors (Lipinski definition) is 1. The summed E-state index contributed by atoms with van der Waals surface area (Å²) in [5.41, 5.74) is 2.48. The molecule has 1 aliphatic heterocycles. The van der Waals surface area contributed by atoms with Crippen molar-refractivity contribution in [1.29, 1.82) is 0 Å². The van der Waals surface area contributed by atoms with E-state index >= 15 is 0 Å². The van der Waals surface area contributed by atoms with Gasteiger partial charge in [0, 0.05) is 11.4 Å². The third-order valence-corrected chi connectivity index (χ3v) is 5.87. The van der Waals surface area contributed by atoms with Gasteiger partial charge in [0.05, 0.1) is 28.0 Å². The maximum atomic E-state index is 12.5. The highest BCUT2D eigenvalue weighted by atomic mass is 35.5. The van der Waals surface area contributed by atoms with Crippen LogP contribution in [0.5, 0.6) is 0 Å². The largest absolute Gasteiger partial charge is 0.361 e. The summed E-state index contributed by atoms with van der Waals surface area (Å²) in [5, 5.41) is 3.80. The Hall–Kier alpha value is -1.36. The highest BCUT2D eigenvalue weighted by molar-refractivity contribution is 7.99. The summed E-state index contributed by atoms with van der Waals surface area (Å²) in [6.07, 6.45) is 1.04. The maximum absolute atomic E-state index is 12.5. The Morgan fingerprint density at radius 1 is 1.25 bits per heavy atom. The standard InChI is InChI=1S/C18H18Cl2N2OS/c1-12-7-8-13(19)18(17(12)20)21-16(23)11-22-9-4-10-24-15-6-3-2-5-14(15)22/h2-3,5-8H,4,9-11H2,1H3,(H,21,23). The summed E-state index contributed by atoms with van der Waals surface area (Å²) in [4.78, 5) is 15.9. The molecule has 0 unspecified atom stereocenters. The van der Waals surface area contributed by atoms with Crippen molar-refractivity contribution in [2.24, 2.45) is 0 Å². The van der Waals surface area contributed by atoms with E-state index in [4.69, 9.17) is 23.2 Å². The number of amides is 1. The minimum absolute atomic E-state index is 0.119. The summed E-state index contributed by atoms with van der Waals surface area (Å²) in [5.74, 6) is 0.941. The first-order valence-corrected chi connectivity index (χ1v) is 9.51. The third-order valence-electron chi connectivity index (χ3n) is 3.92. The van der Waals surface area contributed by atoms with Crippen LogP contribution in [0.2, 0.25) is 10.0 Å². The van der Waals surface area contributed by atoms with E-state index in [1.165, 1.54) is 4.90 Å². The molecular weight excluding hydrogens is 363 g/mol. The van der Waals surface area contributed by atoms with Crippen molar-refractivity contribution in [2.75, 3.05) is 29.1 Å². The molecule has 0 aliphatic carbocycles. The maximum Gasteiger partial charge on any atom is 0.243 e. The van der Waals surface area contributed by atoms with Gasteiger partial charge in [-0.05, 0) is 42.9 Å². The summed E-state index contributed by atoms with van der Waals surface area (Å²) in [6.45, 7) is 3.02. The van der Waals surface area contributed by atoms with E-state index in [9.17, 15) is 4.79 Å². The van der Waals surface area contributed by atoms with Crippen molar-refractivity contribution < 1.29 is 4.79 Å². The topological polar surface area (TPSA) is 32.3 Å². The van der Waals surface area contributed by atoms with Gasteiger partial charge >= 0.3 is 0 Å². The average Bonchev–Trinajstić information content (AvgIpc) is 2.78. The molecule has 0 saturated carbocycles. The van der Waals surface area contributed by atoms with E-state index in [0.717, 1.165) is 30.0 Å². The molecule has 0 atom stereocenters. The van der Waals surface area contributed by atoms with Gasteiger partial charge in [-0.15, -0.1) is 11.8 Å². The number of anilines is 2. The van der Waals surface area contributed by atoms with Gasteiger partial charge in [0.2, 0.25) is 5.91 Å². The molecule has 0 bridgehead atoms. The Labute approximate surface area is 156 Å². The van der Waals surface area contributed by atoms with Crippen LogP contribution in [0.3, 0.4) is 0 Å². The Morgan fingerprint density at radius 2 is 2.04 bits per heavy atom. The first kappa shape index (κ1) is 17.5. The molecule has 1 amide bonds. The molecule has 1 heterocycles. The van der Waals surface area contributed by atoms with Crippen LogP contribution in [-0.4, -0.2) is 24.7 Å². The number of fused-ring (bicyclic) bond motifs is 1. The van der Waals surface area contributed by atoms with Crippen molar-refractivity contribution in [1.82, 2.24) is 0 Å². The van der Waals surface area contributed by atoms with E-state index < -0.39 is 0 Å². The zero-order valence-corrected chi connectivity index (χ0v) is 15.6. The SMILES string of the molecule is Cc1ccc(Cl)c(NC(=O)CN2CCCSc3ccccc32)c1Cl. The molecule has 3 nitrogen and oxygen atoms in total. The summed E-state index contributed by atoms with van der Waals surface area (Å²) in [7, 11) is 0. The number of hydrogen-bond acceptors (Lipinski definition) is 3. The van der Waals surface area contributed by atoms with Crippen LogP contribution < -0.4 is 10.2 Å². The molecule has 1 aliphatic rings. The van der Waals surface area contributed by atoms with Crippen molar-refractivity contribution in [2.45, 2.75) is 18.2 Å². The number of thioether (sulfide) groups is 1. The van der Waals surface area contributed by atoms with E-state index in [1.54, 1.807) is 6.07 Å². The lowest BCUT2D eigenvalue weighted by Crippen LogP contribution is -2.34. The molecule has 2 aromatic rings. The Kier molecular flexibility index (Phi) is 5.59. The highest BCUT2D eigenvalue weighted by Gasteiger charge is 2.19. The molecule has 1 N–H and O–H groups in total. The zero-order valence-electron chi connectivity index (χ0n) is 13.3. The molecule has 24 heavy (non-hydrogen) atoms. The molecule has 0 fully saturated rings. The summed E-state index contributed by atoms with van der Waals surface area (Å²) in [6, 6.07) is 11.8. The van der Waals surface area contributed by atoms with Gasteiger partial charge in [0.25, 0.3) is 0 Å². The molecule has 6 heteroatoms. The smallest absolute Gasteiger partial charge is 0.243 e. The molecule has 126 valence electrons. The number of halogens is 2. The van der Waals surface area contributed by atoms with Crippen LogP contribution in [0, 0.1) is 6.92 Å². The van der Waals surface area contributed by atoms with Gasteiger partial charge < -0.3 is 10.2 Å². The summed E-state index contributed by atoms with van der Waals surface area (Å²) >= 11 is 14.3. The zero-order chi connectivity index (χ0) is 17.1. The second-order valence-corrected chi connectivity index (χ2v) is 7.61. The molecule has 3 rings (SSSR count). The number of carbonyl (C=O) groups excluding carboxylic acids is 1. The van der Waals surface area contributed by atoms with Crippen LogP contribution >= 0.6 is 35.0 Å². The van der Waals surface area contributed by atoms with Crippen LogP contribution in [0.15, 0.2) is 41.3 Å². The molecule has 0 spiro atoms. The molecular formula is C18H18Cl2N2OS. The first-order valence-electron chi connectivity index (χ1n) is 7.77. The number of para-hydroxylation sites is 1. The predicted molar refractivity (Wildman–Crippen MR) is 104 cm³/mol. The van der Waals surface area contributed by atoms with E-state index in [1.807, 2.05) is 36.9 Å². The third kappa shape index (κ3) is 3.82. The van der Waals surface area contributed by atoms with Gasteiger partial charge in [-0.2, -0.15) is 0 Å². The molecule has 0 radical (unpaired) electrons. The fraction of sp³-hybridized carbons (Fsp3) is 0.278. The average molecular weight is 381 g/mol. The Morgan fingerprint density at radius 3 is 2.88 bits per heavy atom. The second-order valence-electron chi connectivity index (χ2n) is 5.69. The van der Waals surface area contributed by atoms with Crippen LogP contribution in [0.4, 0.5) is 11.4 Å². The van der Waals surface area contributed by atoms with Gasteiger partial charge in [-0.25, -0.2) is 0 Å². The summed E-state index contributed by atoms with van der Waals surface area (Å²) < 4.78 is 0. The first-order chi connectivity index (χ1) is 11.6. The number of carbonyl (C=O) groups is 1. The van der Waals surface area contributed by atoms with Gasteiger partial charge in [-0.1, -0.05) is 41.4 Å². The number of rotatable bonds is 3. The quantitative estimate of drug-likeness (QED) is 0.789. The van der Waals surface area contributed by atoms with E-state index in [0.29, 0.717) is 15.7 Å².